The van der Waals surface area contributed by atoms with Crippen molar-refractivity contribution in [1.82, 2.24) is 0 Å². The lowest BCUT2D eigenvalue weighted by Gasteiger charge is -2.35. The van der Waals surface area contributed by atoms with Gasteiger partial charge in [-0.05, 0) is 61.4 Å². The molecule has 1 aliphatic heterocycles. The molecular formula is C26H23NP+. The van der Waals surface area contributed by atoms with E-state index in [1.165, 1.54) is 43.7 Å². The average Bonchev–Trinajstić information content (AvgIpc) is 2.75. The fraction of sp³-hybridized carbons (Fsp3) is 0.0769. The topological polar surface area (TPSA) is 12.0 Å². The Morgan fingerprint density at radius 3 is 1.36 bits per heavy atom. The van der Waals surface area contributed by atoms with Crippen LogP contribution >= 0.6 is 7.26 Å². The zero-order chi connectivity index (χ0) is 19.1. The van der Waals surface area contributed by atoms with Crippen LogP contribution in [-0.4, -0.2) is 0 Å². The Hall–Kier alpha value is -2.89. The van der Waals surface area contributed by atoms with E-state index in [4.69, 9.17) is 0 Å². The second-order valence-corrected chi connectivity index (χ2v) is 10.7. The minimum absolute atomic E-state index is 1.27. The number of anilines is 2. The van der Waals surface area contributed by atoms with Crippen LogP contribution in [0.1, 0.15) is 11.1 Å². The highest BCUT2D eigenvalue weighted by Crippen LogP contribution is 2.60. The fourth-order valence-corrected chi connectivity index (χ4v) is 9.12. The number of fused-ring (bicyclic) bond motifs is 2. The number of benzene rings is 4. The van der Waals surface area contributed by atoms with Crippen molar-refractivity contribution in [3.8, 4) is 0 Å². The van der Waals surface area contributed by atoms with Gasteiger partial charge in [0.05, 0.1) is 11.4 Å². The molecule has 136 valence electrons. The largest absolute Gasteiger partial charge is 0.349 e. The molecule has 1 aliphatic rings. The van der Waals surface area contributed by atoms with Gasteiger partial charge in [0.15, 0.2) is 0 Å². The van der Waals surface area contributed by atoms with Gasteiger partial charge in [0.1, 0.15) is 28.5 Å². The van der Waals surface area contributed by atoms with E-state index in [2.05, 4.69) is 116 Å². The second-order valence-electron chi connectivity index (χ2n) is 7.40. The normalized spacial score (nSPS) is 13.9. The molecule has 5 rings (SSSR count). The third-order valence-corrected chi connectivity index (χ3v) is 10.1. The van der Waals surface area contributed by atoms with Gasteiger partial charge in [-0.1, -0.05) is 60.7 Å². The van der Waals surface area contributed by atoms with Crippen LogP contribution in [0.5, 0.6) is 0 Å². The van der Waals surface area contributed by atoms with Gasteiger partial charge in [-0.25, -0.2) is 0 Å². The molecule has 0 saturated heterocycles. The van der Waals surface area contributed by atoms with Crippen LogP contribution in [0, 0.1) is 13.8 Å². The molecule has 0 aromatic heterocycles. The van der Waals surface area contributed by atoms with Crippen LogP contribution in [0.15, 0.2) is 97.1 Å². The Labute approximate surface area is 167 Å². The SMILES string of the molecule is Cc1cccc2c1Nc1c(C)cccc1[P+]2(c1ccccc1)c1ccccc1. The molecule has 1 nitrogen and oxygen atoms in total. The summed E-state index contributed by atoms with van der Waals surface area (Å²) < 4.78 is 0. The minimum atomic E-state index is -1.99. The summed E-state index contributed by atoms with van der Waals surface area (Å²) in [5.41, 5.74) is 5.13. The first-order valence-electron chi connectivity index (χ1n) is 9.70. The summed E-state index contributed by atoms with van der Waals surface area (Å²) in [5.74, 6) is 0. The number of nitrogens with one attached hydrogen (secondary N) is 1. The van der Waals surface area contributed by atoms with Crippen molar-refractivity contribution in [3.05, 3.63) is 108 Å². The van der Waals surface area contributed by atoms with E-state index in [0.717, 1.165) is 0 Å². The summed E-state index contributed by atoms with van der Waals surface area (Å²) in [4.78, 5) is 0. The van der Waals surface area contributed by atoms with Crippen LogP contribution < -0.4 is 26.5 Å². The van der Waals surface area contributed by atoms with Gasteiger partial charge >= 0.3 is 0 Å². The van der Waals surface area contributed by atoms with Crippen LogP contribution in [0.4, 0.5) is 11.4 Å². The van der Waals surface area contributed by atoms with Crippen molar-refractivity contribution in [2.75, 3.05) is 5.32 Å². The summed E-state index contributed by atoms with van der Waals surface area (Å²) >= 11 is 0. The molecule has 0 aliphatic carbocycles. The molecule has 1 heterocycles. The van der Waals surface area contributed by atoms with E-state index in [0.29, 0.717) is 0 Å². The Bertz CT molecular complexity index is 1060. The molecule has 0 saturated carbocycles. The molecule has 0 atom stereocenters. The van der Waals surface area contributed by atoms with Crippen LogP contribution in [0.2, 0.25) is 0 Å². The van der Waals surface area contributed by atoms with Gasteiger partial charge < -0.3 is 5.32 Å². The maximum absolute atomic E-state index is 3.80. The van der Waals surface area contributed by atoms with Gasteiger partial charge in [-0.15, -0.1) is 0 Å². The molecule has 0 bridgehead atoms. The first-order chi connectivity index (χ1) is 13.7. The summed E-state index contributed by atoms with van der Waals surface area (Å²) in [6.07, 6.45) is 0. The molecule has 4 aromatic carbocycles. The maximum Gasteiger partial charge on any atom is 0.148 e. The highest BCUT2D eigenvalue weighted by Gasteiger charge is 2.53. The first kappa shape index (κ1) is 17.2. The lowest BCUT2D eigenvalue weighted by Crippen LogP contribution is -2.43. The predicted octanol–water partition coefficient (Wildman–Crippen LogP) is 4.98. The third-order valence-electron chi connectivity index (χ3n) is 5.76. The lowest BCUT2D eigenvalue weighted by molar-refractivity contribution is 1.41. The van der Waals surface area contributed by atoms with E-state index < -0.39 is 7.26 Å². The summed E-state index contributed by atoms with van der Waals surface area (Å²) in [6, 6.07) is 35.6. The molecule has 0 spiro atoms. The average molecular weight is 380 g/mol. The number of hydrogen-bond donors (Lipinski definition) is 1. The molecule has 4 aromatic rings. The third kappa shape index (κ3) is 2.37. The van der Waals surface area contributed by atoms with Gasteiger partial charge in [0.25, 0.3) is 0 Å². The monoisotopic (exact) mass is 380 g/mol. The summed E-state index contributed by atoms with van der Waals surface area (Å²) in [5, 5.41) is 9.45. The van der Waals surface area contributed by atoms with Crippen LogP contribution in [-0.2, 0) is 0 Å². The molecule has 0 amide bonds. The smallest absolute Gasteiger partial charge is 0.148 e. The summed E-state index contributed by atoms with van der Waals surface area (Å²) in [7, 11) is -1.99. The van der Waals surface area contributed by atoms with Gasteiger partial charge in [-0.3, -0.25) is 0 Å². The maximum atomic E-state index is 3.80. The van der Waals surface area contributed by atoms with Gasteiger partial charge in [0, 0.05) is 0 Å². The van der Waals surface area contributed by atoms with E-state index >= 15 is 0 Å². The number of hydrogen-bond acceptors (Lipinski definition) is 1. The standard InChI is InChI=1S/C26H23NP/c1-19-11-9-17-23-25(19)27-26-20(2)12-10-18-24(26)28(23,21-13-5-3-6-14-21)22-15-7-4-8-16-22/h3-18,27H,1-2H3/q+1. The van der Waals surface area contributed by atoms with Crippen molar-refractivity contribution in [1.29, 1.82) is 0 Å². The van der Waals surface area contributed by atoms with Crippen molar-refractivity contribution in [3.63, 3.8) is 0 Å². The number of rotatable bonds is 2. The number of aryl methyl sites for hydroxylation is 2. The molecule has 0 radical (unpaired) electrons. The van der Waals surface area contributed by atoms with Crippen molar-refractivity contribution < 1.29 is 0 Å². The molecule has 28 heavy (non-hydrogen) atoms. The van der Waals surface area contributed by atoms with Crippen molar-refractivity contribution in [2.45, 2.75) is 13.8 Å². The van der Waals surface area contributed by atoms with E-state index in [1.54, 1.807) is 0 Å². The zero-order valence-electron chi connectivity index (χ0n) is 16.2. The quantitative estimate of drug-likeness (QED) is 0.426. The molecular weight excluding hydrogens is 357 g/mol. The minimum Gasteiger partial charge on any atom is -0.349 e. The highest BCUT2D eigenvalue weighted by atomic mass is 31.2. The van der Waals surface area contributed by atoms with E-state index in [-0.39, 0.29) is 0 Å². The molecule has 1 N–H and O–H groups in total. The molecule has 0 unspecified atom stereocenters. The van der Waals surface area contributed by atoms with Gasteiger partial charge in [-0.2, -0.15) is 0 Å². The molecule has 2 heteroatoms. The lowest BCUT2D eigenvalue weighted by atomic mass is 10.1. The first-order valence-corrected chi connectivity index (χ1v) is 11.5. The van der Waals surface area contributed by atoms with Crippen molar-refractivity contribution >= 4 is 39.9 Å². The highest BCUT2D eigenvalue weighted by molar-refractivity contribution is 8.02. The van der Waals surface area contributed by atoms with Crippen LogP contribution in [0.3, 0.4) is 0 Å². The Balaban J connectivity index is 2.00. The fourth-order valence-electron chi connectivity index (χ4n) is 4.45. The number of para-hydroxylation sites is 2. The van der Waals surface area contributed by atoms with E-state index in [9.17, 15) is 0 Å². The Kier molecular flexibility index (Phi) is 4.07. The Morgan fingerprint density at radius 2 is 0.929 bits per heavy atom. The van der Waals surface area contributed by atoms with E-state index in [1.807, 2.05) is 0 Å². The van der Waals surface area contributed by atoms with Crippen molar-refractivity contribution in [2.24, 2.45) is 0 Å². The zero-order valence-corrected chi connectivity index (χ0v) is 17.1. The predicted molar refractivity (Wildman–Crippen MR) is 124 cm³/mol. The summed E-state index contributed by atoms with van der Waals surface area (Å²) in [6.45, 7) is 4.42. The Morgan fingerprint density at radius 1 is 0.500 bits per heavy atom. The molecule has 0 fully saturated rings. The van der Waals surface area contributed by atoms with Crippen LogP contribution in [0.25, 0.3) is 0 Å². The van der Waals surface area contributed by atoms with Gasteiger partial charge in [0.2, 0.25) is 0 Å². The second kappa shape index (κ2) is 6.62.